The first-order valence-corrected chi connectivity index (χ1v) is 6.84. The molecule has 0 saturated carbocycles. The molecule has 3 heterocycles. The number of pyridine rings is 1. The summed E-state index contributed by atoms with van der Waals surface area (Å²) in [5, 5.41) is 0.690. The molecular formula is C16H10ClN3O. The summed E-state index contributed by atoms with van der Waals surface area (Å²) in [5.74, 6) is 1.42. The lowest BCUT2D eigenvalue weighted by Crippen LogP contribution is -1.97. The fourth-order valence-corrected chi connectivity index (χ4v) is 2.44. The molecule has 4 aromatic rings. The third kappa shape index (κ3) is 2.00. The first-order chi connectivity index (χ1) is 10.3. The number of hydrogen-bond donors (Lipinski definition) is 0. The van der Waals surface area contributed by atoms with Crippen LogP contribution in [-0.2, 0) is 0 Å². The number of fused-ring (bicyclic) bond motifs is 1. The Kier molecular flexibility index (Phi) is 2.75. The van der Waals surface area contributed by atoms with Gasteiger partial charge in [-0.05, 0) is 48.5 Å². The molecule has 5 heteroatoms. The summed E-state index contributed by atoms with van der Waals surface area (Å²) < 4.78 is 7.46. The Labute approximate surface area is 125 Å². The highest BCUT2D eigenvalue weighted by Gasteiger charge is 2.16. The quantitative estimate of drug-likeness (QED) is 0.553. The van der Waals surface area contributed by atoms with Crippen LogP contribution in [0.1, 0.15) is 0 Å². The second-order valence-corrected chi connectivity index (χ2v) is 5.01. The molecule has 21 heavy (non-hydrogen) atoms. The molecule has 0 amide bonds. The number of benzene rings is 1. The van der Waals surface area contributed by atoms with Crippen LogP contribution >= 0.6 is 11.6 Å². The Morgan fingerprint density at radius 1 is 1.00 bits per heavy atom. The van der Waals surface area contributed by atoms with Gasteiger partial charge in [0, 0.05) is 16.9 Å². The van der Waals surface area contributed by atoms with Crippen molar-refractivity contribution >= 4 is 22.8 Å². The summed E-state index contributed by atoms with van der Waals surface area (Å²) in [6.07, 6.45) is 3.39. The lowest BCUT2D eigenvalue weighted by atomic mass is 10.3. The maximum Gasteiger partial charge on any atom is 0.183 e. The maximum atomic E-state index is 5.97. The van der Waals surface area contributed by atoms with Crippen molar-refractivity contribution in [1.82, 2.24) is 14.5 Å². The van der Waals surface area contributed by atoms with Gasteiger partial charge in [-0.3, -0.25) is 4.57 Å². The minimum absolute atomic E-state index is 0.690. The van der Waals surface area contributed by atoms with Gasteiger partial charge < -0.3 is 4.42 Å². The van der Waals surface area contributed by atoms with E-state index in [4.69, 9.17) is 16.0 Å². The third-order valence-corrected chi connectivity index (χ3v) is 3.49. The summed E-state index contributed by atoms with van der Waals surface area (Å²) in [7, 11) is 0. The fraction of sp³-hybridized carbons (Fsp3) is 0. The Morgan fingerprint density at radius 3 is 2.62 bits per heavy atom. The van der Waals surface area contributed by atoms with Gasteiger partial charge in [0.1, 0.15) is 5.52 Å². The summed E-state index contributed by atoms with van der Waals surface area (Å²) in [6, 6.07) is 15.1. The molecule has 102 valence electrons. The molecule has 0 aliphatic carbocycles. The highest BCUT2D eigenvalue weighted by atomic mass is 35.5. The zero-order valence-corrected chi connectivity index (χ0v) is 11.7. The Bertz CT molecular complexity index is 895. The molecule has 0 aliphatic heterocycles. The Morgan fingerprint density at radius 2 is 1.86 bits per heavy atom. The van der Waals surface area contributed by atoms with E-state index in [0.717, 1.165) is 22.7 Å². The van der Waals surface area contributed by atoms with E-state index in [0.29, 0.717) is 10.8 Å². The van der Waals surface area contributed by atoms with Gasteiger partial charge in [-0.15, -0.1) is 0 Å². The monoisotopic (exact) mass is 295 g/mol. The normalized spacial score (nSPS) is 11.1. The predicted octanol–water partition coefficient (Wildman–Crippen LogP) is 4.33. The number of furan rings is 1. The molecule has 0 saturated heterocycles. The van der Waals surface area contributed by atoms with E-state index in [1.165, 1.54) is 0 Å². The molecular weight excluding hydrogens is 286 g/mol. The average Bonchev–Trinajstić information content (AvgIpc) is 3.15. The minimum Gasteiger partial charge on any atom is -0.461 e. The smallest absolute Gasteiger partial charge is 0.183 e. The topological polar surface area (TPSA) is 43.9 Å². The van der Waals surface area contributed by atoms with Crippen LogP contribution in [0.3, 0.4) is 0 Å². The summed E-state index contributed by atoms with van der Waals surface area (Å²) in [5.41, 5.74) is 2.54. The van der Waals surface area contributed by atoms with E-state index in [9.17, 15) is 0 Å². The van der Waals surface area contributed by atoms with Crippen LogP contribution in [0.2, 0.25) is 5.02 Å². The van der Waals surface area contributed by atoms with Crippen molar-refractivity contribution in [3.05, 3.63) is 66.0 Å². The second kappa shape index (κ2) is 4.75. The van der Waals surface area contributed by atoms with Gasteiger partial charge in [0.25, 0.3) is 0 Å². The molecule has 0 fully saturated rings. The molecule has 0 unspecified atom stereocenters. The van der Waals surface area contributed by atoms with E-state index >= 15 is 0 Å². The molecule has 0 aliphatic rings. The summed E-state index contributed by atoms with van der Waals surface area (Å²) >= 11 is 5.97. The first-order valence-electron chi connectivity index (χ1n) is 6.46. The molecule has 4 nitrogen and oxygen atoms in total. The fourth-order valence-electron chi connectivity index (χ4n) is 2.32. The number of imidazole rings is 1. The van der Waals surface area contributed by atoms with E-state index in [-0.39, 0.29) is 0 Å². The number of rotatable bonds is 2. The molecule has 0 bridgehead atoms. The van der Waals surface area contributed by atoms with Gasteiger partial charge in [-0.25, -0.2) is 9.97 Å². The SMILES string of the molecule is Clc1ccc(-n2c(-c3ccco3)nc3cccnc32)cc1. The van der Waals surface area contributed by atoms with Crippen molar-refractivity contribution in [3.8, 4) is 17.3 Å². The lowest BCUT2D eigenvalue weighted by molar-refractivity contribution is 0.576. The largest absolute Gasteiger partial charge is 0.461 e. The van der Waals surface area contributed by atoms with E-state index in [2.05, 4.69) is 9.97 Å². The first kappa shape index (κ1) is 12.2. The van der Waals surface area contributed by atoms with Crippen LogP contribution in [0.15, 0.2) is 65.4 Å². The van der Waals surface area contributed by atoms with Crippen molar-refractivity contribution < 1.29 is 4.42 Å². The van der Waals surface area contributed by atoms with Crippen molar-refractivity contribution in [2.24, 2.45) is 0 Å². The number of hydrogen-bond acceptors (Lipinski definition) is 3. The van der Waals surface area contributed by atoms with Crippen molar-refractivity contribution in [2.45, 2.75) is 0 Å². The summed E-state index contributed by atoms with van der Waals surface area (Å²) in [4.78, 5) is 9.06. The molecule has 0 N–H and O–H groups in total. The Hall–Kier alpha value is -2.59. The van der Waals surface area contributed by atoms with Gasteiger partial charge in [0.15, 0.2) is 17.2 Å². The van der Waals surface area contributed by atoms with Crippen LogP contribution in [0.25, 0.3) is 28.4 Å². The summed E-state index contributed by atoms with van der Waals surface area (Å²) in [6.45, 7) is 0. The Balaban J connectivity index is 2.05. The number of aromatic nitrogens is 3. The van der Waals surface area contributed by atoms with Crippen molar-refractivity contribution in [3.63, 3.8) is 0 Å². The molecule has 0 atom stereocenters. The molecule has 0 radical (unpaired) electrons. The maximum absolute atomic E-state index is 5.97. The van der Waals surface area contributed by atoms with Crippen LogP contribution in [0, 0.1) is 0 Å². The highest BCUT2D eigenvalue weighted by molar-refractivity contribution is 6.30. The van der Waals surface area contributed by atoms with Crippen molar-refractivity contribution in [2.75, 3.05) is 0 Å². The third-order valence-electron chi connectivity index (χ3n) is 3.24. The molecule has 4 rings (SSSR count). The second-order valence-electron chi connectivity index (χ2n) is 4.57. The van der Waals surface area contributed by atoms with Crippen LogP contribution in [0.5, 0.6) is 0 Å². The van der Waals surface area contributed by atoms with Gasteiger partial charge in [-0.2, -0.15) is 0 Å². The number of halogens is 1. The van der Waals surface area contributed by atoms with Crippen molar-refractivity contribution in [1.29, 1.82) is 0 Å². The minimum atomic E-state index is 0.690. The van der Waals surface area contributed by atoms with E-state index < -0.39 is 0 Å². The van der Waals surface area contributed by atoms with E-state index in [1.54, 1.807) is 12.5 Å². The van der Waals surface area contributed by atoms with Crippen LogP contribution in [0.4, 0.5) is 0 Å². The van der Waals surface area contributed by atoms with E-state index in [1.807, 2.05) is 53.1 Å². The predicted molar refractivity (Wildman–Crippen MR) is 81.6 cm³/mol. The van der Waals surface area contributed by atoms with Gasteiger partial charge in [0.2, 0.25) is 0 Å². The standard InChI is InChI=1S/C16H10ClN3O/c17-11-5-7-12(8-6-11)20-15-13(3-1-9-18-15)19-16(20)14-4-2-10-21-14/h1-10H. The van der Waals surface area contributed by atoms with Crippen LogP contribution < -0.4 is 0 Å². The van der Waals surface area contributed by atoms with Crippen LogP contribution in [-0.4, -0.2) is 14.5 Å². The molecule has 3 aromatic heterocycles. The van der Waals surface area contributed by atoms with Gasteiger partial charge in [-0.1, -0.05) is 11.6 Å². The average molecular weight is 296 g/mol. The number of nitrogens with zero attached hydrogens (tertiary/aromatic N) is 3. The van der Waals surface area contributed by atoms with Gasteiger partial charge >= 0.3 is 0 Å². The van der Waals surface area contributed by atoms with Gasteiger partial charge in [0.05, 0.1) is 6.26 Å². The molecule has 0 spiro atoms. The highest BCUT2D eigenvalue weighted by Crippen LogP contribution is 2.28. The lowest BCUT2D eigenvalue weighted by Gasteiger charge is -2.07. The zero-order chi connectivity index (χ0) is 14.2. The zero-order valence-electron chi connectivity index (χ0n) is 10.9. The molecule has 1 aromatic carbocycles.